The second-order valence-electron chi connectivity index (χ2n) is 5.75. The molecule has 0 radical (unpaired) electrons. The van der Waals surface area contributed by atoms with Gasteiger partial charge in [0.15, 0.2) is 18.1 Å². The summed E-state index contributed by atoms with van der Waals surface area (Å²) in [5.41, 5.74) is 1.96. The van der Waals surface area contributed by atoms with Crippen molar-refractivity contribution in [2.75, 3.05) is 27.9 Å². The van der Waals surface area contributed by atoms with Crippen molar-refractivity contribution in [2.24, 2.45) is 0 Å². The van der Waals surface area contributed by atoms with Gasteiger partial charge in [-0.05, 0) is 48.4 Å². The van der Waals surface area contributed by atoms with Crippen LogP contribution in [-0.4, -0.2) is 38.7 Å². The van der Waals surface area contributed by atoms with Crippen LogP contribution in [0, 0.1) is 6.92 Å². The lowest BCUT2D eigenvalue weighted by Crippen LogP contribution is -2.31. The van der Waals surface area contributed by atoms with Crippen LogP contribution in [0.25, 0.3) is 0 Å². The number of halogens is 2. The first-order valence-corrected chi connectivity index (χ1v) is 8.64. The van der Waals surface area contributed by atoms with E-state index in [2.05, 4.69) is 0 Å². The number of methoxy groups -OCH3 is 2. The molecule has 0 aromatic heterocycles. The summed E-state index contributed by atoms with van der Waals surface area (Å²) in [6, 6.07) is 8.62. The third kappa shape index (κ3) is 4.96. The molecule has 0 aliphatic rings. The summed E-state index contributed by atoms with van der Waals surface area (Å²) in [6.45, 7) is 2.26. The van der Waals surface area contributed by atoms with E-state index in [4.69, 9.17) is 37.4 Å². The maximum absolute atomic E-state index is 12.4. The molecule has 2 aromatic rings. The van der Waals surface area contributed by atoms with Crippen LogP contribution >= 0.6 is 23.2 Å². The molecule has 0 aliphatic carbocycles. The van der Waals surface area contributed by atoms with Crippen molar-refractivity contribution in [1.82, 2.24) is 4.90 Å². The third-order valence-corrected chi connectivity index (χ3v) is 4.45. The number of nitrogens with zero attached hydrogens (tertiary/aromatic N) is 1. The van der Waals surface area contributed by atoms with Crippen molar-refractivity contribution in [3.63, 3.8) is 0 Å². The predicted molar refractivity (Wildman–Crippen MR) is 103 cm³/mol. The molecule has 5 nitrogen and oxygen atoms in total. The van der Waals surface area contributed by atoms with Crippen molar-refractivity contribution >= 4 is 29.1 Å². The second-order valence-corrected chi connectivity index (χ2v) is 6.59. The average Bonchev–Trinajstić information content (AvgIpc) is 2.61. The minimum absolute atomic E-state index is 0.121. The zero-order chi connectivity index (χ0) is 19.3. The van der Waals surface area contributed by atoms with Gasteiger partial charge >= 0.3 is 0 Å². The SMILES string of the molecule is COc1cc(C)c(CN(C)C(=O)COc2ccc(Cl)cc2Cl)cc1OC. The van der Waals surface area contributed by atoms with E-state index in [1.54, 1.807) is 44.4 Å². The lowest BCUT2D eigenvalue weighted by molar-refractivity contribution is -0.132. The molecule has 0 fully saturated rings. The van der Waals surface area contributed by atoms with Crippen LogP contribution in [0.3, 0.4) is 0 Å². The van der Waals surface area contributed by atoms with Gasteiger partial charge in [-0.25, -0.2) is 0 Å². The predicted octanol–water partition coefficient (Wildman–Crippen LogP) is 4.36. The molecule has 2 rings (SSSR count). The van der Waals surface area contributed by atoms with E-state index in [1.807, 2.05) is 19.1 Å². The highest BCUT2D eigenvalue weighted by Gasteiger charge is 2.15. The number of hydrogen-bond donors (Lipinski definition) is 0. The first-order chi connectivity index (χ1) is 12.3. The van der Waals surface area contributed by atoms with Crippen molar-refractivity contribution in [3.05, 3.63) is 51.5 Å². The molecular weight excluding hydrogens is 377 g/mol. The Morgan fingerprint density at radius 1 is 1.04 bits per heavy atom. The smallest absolute Gasteiger partial charge is 0.260 e. The zero-order valence-electron chi connectivity index (χ0n) is 15.1. The molecule has 0 saturated carbocycles. The highest BCUT2D eigenvalue weighted by atomic mass is 35.5. The number of amides is 1. The van der Waals surface area contributed by atoms with Gasteiger partial charge in [-0.3, -0.25) is 4.79 Å². The molecule has 0 N–H and O–H groups in total. The van der Waals surface area contributed by atoms with Gasteiger partial charge in [-0.15, -0.1) is 0 Å². The van der Waals surface area contributed by atoms with E-state index in [-0.39, 0.29) is 12.5 Å². The molecule has 1 amide bonds. The average molecular weight is 398 g/mol. The van der Waals surface area contributed by atoms with E-state index in [9.17, 15) is 4.79 Å². The van der Waals surface area contributed by atoms with Gasteiger partial charge in [0, 0.05) is 18.6 Å². The van der Waals surface area contributed by atoms with E-state index in [1.165, 1.54) is 0 Å². The molecule has 0 bridgehead atoms. The largest absolute Gasteiger partial charge is 0.493 e. The van der Waals surface area contributed by atoms with E-state index in [0.29, 0.717) is 33.8 Å². The molecule has 0 spiro atoms. The van der Waals surface area contributed by atoms with Gasteiger partial charge in [-0.2, -0.15) is 0 Å². The molecule has 0 aliphatic heterocycles. The fraction of sp³-hybridized carbons (Fsp3) is 0.316. The highest BCUT2D eigenvalue weighted by molar-refractivity contribution is 6.35. The van der Waals surface area contributed by atoms with Crippen LogP contribution < -0.4 is 14.2 Å². The van der Waals surface area contributed by atoms with Gasteiger partial charge in [0.25, 0.3) is 5.91 Å². The van der Waals surface area contributed by atoms with Gasteiger partial charge in [0.1, 0.15) is 5.75 Å². The fourth-order valence-corrected chi connectivity index (χ4v) is 2.84. The summed E-state index contributed by atoms with van der Waals surface area (Å²) < 4.78 is 16.1. The van der Waals surface area contributed by atoms with E-state index >= 15 is 0 Å². The fourth-order valence-electron chi connectivity index (χ4n) is 2.38. The first kappa shape index (κ1) is 20.2. The van der Waals surface area contributed by atoms with Crippen LogP contribution in [0.1, 0.15) is 11.1 Å². The summed E-state index contributed by atoms with van der Waals surface area (Å²) in [5.74, 6) is 1.52. The monoisotopic (exact) mass is 397 g/mol. The maximum atomic E-state index is 12.4. The van der Waals surface area contributed by atoms with E-state index < -0.39 is 0 Å². The van der Waals surface area contributed by atoms with Crippen molar-refractivity contribution in [3.8, 4) is 17.2 Å². The second kappa shape index (κ2) is 9.01. The molecule has 0 saturated heterocycles. The number of benzene rings is 2. The molecule has 140 valence electrons. The Morgan fingerprint density at radius 3 is 2.31 bits per heavy atom. The van der Waals surface area contributed by atoms with Crippen LogP contribution in [-0.2, 0) is 11.3 Å². The molecule has 0 unspecified atom stereocenters. The summed E-state index contributed by atoms with van der Waals surface area (Å²) in [4.78, 5) is 13.9. The summed E-state index contributed by atoms with van der Waals surface area (Å²) >= 11 is 11.9. The highest BCUT2D eigenvalue weighted by Crippen LogP contribution is 2.31. The Bertz CT molecular complexity index is 795. The summed E-state index contributed by atoms with van der Waals surface area (Å²) in [6.07, 6.45) is 0. The Kier molecular flexibility index (Phi) is 7.00. The number of carbonyl (C=O) groups is 1. The molecule has 7 heteroatoms. The molecular formula is C19H21Cl2NO4. The Hall–Kier alpha value is -2.11. The summed E-state index contributed by atoms with van der Waals surface area (Å²) in [5, 5.41) is 0.874. The molecule has 0 heterocycles. The Labute approximate surface area is 163 Å². The third-order valence-electron chi connectivity index (χ3n) is 3.92. The minimum Gasteiger partial charge on any atom is -0.493 e. The van der Waals surface area contributed by atoms with Crippen LogP contribution in [0.15, 0.2) is 30.3 Å². The van der Waals surface area contributed by atoms with Crippen molar-refractivity contribution < 1.29 is 19.0 Å². The number of aryl methyl sites for hydroxylation is 1. The van der Waals surface area contributed by atoms with Gasteiger partial charge < -0.3 is 19.1 Å². The van der Waals surface area contributed by atoms with Crippen LogP contribution in [0.5, 0.6) is 17.2 Å². The zero-order valence-corrected chi connectivity index (χ0v) is 16.6. The Balaban J connectivity index is 2.02. The minimum atomic E-state index is -0.176. The number of hydrogen-bond acceptors (Lipinski definition) is 4. The molecule has 26 heavy (non-hydrogen) atoms. The first-order valence-electron chi connectivity index (χ1n) is 7.89. The topological polar surface area (TPSA) is 48.0 Å². The molecule has 2 aromatic carbocycles. The molecule has 0 atom stereocenters. The quantitative estimate of drug-likeness (QED) is 0.696. The number of ether oxygens (including phenoxy) is 3. The van der Waals surface area contributed by atoms with Crippen molar-refractivity contribution in [2.45, 2.75) is 13.5 Å². The Morgan fingerprint density at radius 2 is 1.69 bits per heavy atom. The summed E-state index contributed by atoms with van der Waals surface area (Å²) in [7, 11) is 4.88. The standard InChI is InChI=1S/C19H21Cl2NO4/c1-12-7-17(24-3)18(25-4)8-13(12)10-22(2)19(23)11-26-16-6-5-14(20)9-15(16)21/h5-9H,10-11H2,1-4H3. The number of rotatable bonds is 7. The van der Waals surface area contributed by atoms with E-state index in [0.717, 1.165) is 11.1 Å². The van der Waals surface area contributed by atoms with Gasteiger partial charge in [-0.1, -0.05) is 23.2 Å². The maximum Gasteiger partial charge on any atom is 0.260 e. The lowest BCUT2D eigenvalue weighted by Gasteiger charge is -2.20. The van der Waals surface area contributed by atoms with Crippen LogP contribution in [0.2, 0.25) is 10.0 Å². The lowest BCUT2D eigenvalue weighted by atomic mass is 10.1. The normalized spacial score (nSPS) is 10.4. The van der Waals surface area contributed by atoms with Crippen LogP contribution in [0.4, 0.5) is 0 Å². The number of likely N-dealkylation sites (N-methyl/N-ethyl adjacent to an activating group) is 1. The van der Waals surface area contributed by atoms with Gasteiger partial charge in [0.2, 0.25) is 0 Å². The van der Waals surface area contributed by atoms with Crippen molar-refractivity contribution in [1.29, 1.82) is 0 Å². The van der Waals surface area contributed by atoms with Gasteiger partial charge in [0.05, 0.1) is 19.2 Å². The number of carbonyl (C=O) groups excluding carboxylic acids is 1.